The van der Waals surface area contributed by atoms with Crippen LogP contribution in [-0.4, -0.2) is 20.9 Å². The molecule has 0 heterocycles. The van der Waals surface area contributed by atoms with Crippen molar-refractivity contribution in [3.63, 3.8) is 0 Å². The number of hydrogen-bond donors (Lipinski definition) is 1. The Morgan fingerprint density at radius 3 is 2.08 bits per heavy atom. The molecule has 0 atom stereocenters. The van der Waals surface area contributed by atoms with E-state index >= 15 is 0 Å². The van der Waals surface area contributed by atoms with Crippen LogP contribution < -0.4 is 0 Å². The smallest absolute Gasteiger partial charge is 0.327 e. The van der Waals surface area contributed by atoms with Crippen molar-refractivity contribution in [3.05, 3.63) is 55.6 Å². The summed E-state index contributed by atoms with van der Waals surface area (Å²) in [6.45, 7) is 2.13. The molecular weight excluding hydrogens is 340 g/mol. The Hall–Kier alpha value is -2.77. The Labute approximate surface area is 151 Å². The molecule has 0 saturated carbocycles. The summed E-state index contributed by atoms with van der Waals surface area (Å²) in [5, 5.41) is 31.3. The standard InChI is InChI=1S/C18H24N2O6/c1-2-3-4-5-6-7-9-14-12-16(19(23)24)15(10-8-11-18(21)22)17(13-14)20(25)26/h8,11-13H,2-7,9-10H2,1H3,(H,21,22)/b11-8+. The van der Waals surface area contributed by atoms with Crippen molar-refractivity contribution < 1.29 is 19.7 Å². The zero-order valence-electron chi connectivity index (χ0n) is 14.8. The van der Waals surface area contributed by atoms with Crippen molar-refractivity contribution >= 4 is 17.3 Å². The number of unbranched alkanes of at least 4 members (excludes halogenated alkanes) is 5. The van der Waals surface area contributed by atoms with Gasteiger partial charge in [0.1, 0.15) is 5.56 Å². The molecule has 0 aromatic heterocycles. The van der Waals surface area contributed by atoms with Gasteiger partial charge in [-0.05, 0) is 18.4 Å². The summed E-state index contributed by atoms with van der Waals surface area (Å²) in [7, 11) is 0. The van der Waals surface area contributed by atoms with E-state index in [1.165, 1.54) is 24.6 Å². The van der Waals surface area contributed by atoms with E-state index in [0.717, 1.165) is 38.2 Å². The van der Waals surface area contributed by atoms with E-state index in [1.54, 1.807) is 0 Å². The summed E-state index contributed by atoms with van der Waals surface area (Å²) >= 11 is 0. The van der Waals surface area contributed by atoms with Gasteiger partial charge in [-0.2, -0.15) is 0 Å². The third kappa shape index (κ3) is 7.00. The molecule has 8 nitrogen and oxygen atoms in total. The van der Waals surface area contributed by atoms with Crippen molar-refractivity contribution in [2.24, 2.45) is 0 Å². The first-order valence-corrected chi connectivity index (χ1v) is 8.70. The van der Waals surface area contributed by atoms with Gasteiger partial charge in [-0.15, -0.1) is 0 Å². The number of nitro groups is 2. The number of benzene rings is 1. The molecule has 142 valence electrons. The molecular formula is C18H24N2O6. The molecule has 1 rings (SSSR count). The lowest BCUT2D eigenvalue weighted by Crippen LogP contribution is -2.03. The lowest BCUT2D eigenvalue weighted by Gasteiger charge is -2.07. The maximum Gasteiger partial charge on any atom is 0.327 e. The number of carboxylic acids is 1. The highest BCUT2D eigenvalue weighted by atomic mass is 16.6. The average Bonchev–Trinajstić information content (AvgIpc) is 2.57. The lowest BCUT2D eigenvalue weighted by atomic mass is 9.99. The predicted octanol–water partition coefficient (Wildman–Crippen LogP) is 4.59. The minimum atomic E-state index is -1.21. The Morgan fingerprint density at radius 2 is 1.58 bits per heavy atom. The second-order valence-corrected chi connectivity index (χ2v) is 6.09. The van der Waals surface area contributed by atoms with Crippen LogP contribution in [0.1, 0.15) is 56.6 Å². The molecule has 0 fully saturated rings. The molecule has 0 radical (unpaired) electrons. The van der Waals surface area contributed by atoms with Crippen LogP contribution in [0.2, 0.25) is 0 Å². The maximum absolute atomic E-state index is 11.3. The number of aryl methyl sites for hydroxylation is 1. The minimum absolute atomic E-state index is 0.0794. The van der Waals surface area contributed by atoms with Crippen molar-refractivity contribution in [2.75, 3.05) is 0 Å². The Morgan fingerprint density at radius 1 is 1.04 bits per heavy atom. The molecule has 0 bridgehead atoms. The molecule has 0 amide bonds. The van der Waals surface area contributed by atoms with Crippen molar-refractivity contribution in [1.82, 2.24) is 0 Å². The zero-order valence-corrected chi connectivity index (χ0v) is 14.8. The van der Waals surface area contributed by atoms with Crippen LogP contribution in [-0.2, 0) is 17.6 Å². The monoisotopic (exact) mass is 364 g/mol. The van der Waals surface area contributed by atoms with Gasteiger partial charge in [0.05, 0.1) is 9.85 Å². The second kappa shape index (κ2) is 11.0. The fourth-order valence-corrected chi connectivity index (χ4v) is 2.76. The maximum atomic E-state index is 11.3. The van der Waals surface area contributed by atoms with Gasteiger partial charge < -0.3 is 5.11 Å². The third-order valence-corrected chi connectivity index (χ3v) is 4.06. The summed E-state index contributed by atoms with van der Waals surface area (Å²) in [5.41, 5.74) is -0.195. The first-order chi connectivity index (χ1) is 12.4. The number of rotatable bonds is 12. The van der Waals surface area contributed by atoms with Crippen LogP contribution in [0.15, 0.2) is 24.3 Å². The van der Waals surface area contributed by atoms with Gasteiger partial charge in [0, 0.05) is 24.6 Å². The summed E-state index contributed by atoms with van der Waals surface area (Å²) < 4.78 is 0. The van der Waals surface area contributed by atoms with E-state index in [-0.39, 0.29) is 23.4 Å². The van der Waals surface area contributed by atoms with E-state index in [4.69, 9.17) is 5.11 Å². The predicted molar refractivity (Wildman–Crippen MR) is 97.3 cm³/mol. The van der Waals surface area contributed by atoms with Gasteiger partial charge in [-0.25, -0.2) is 4.79 Å². The normalized spacial score (nSPS) is 11.0. The van der Waals surface area contributed by atoms with Gasteiger partial charge in [-0.3, -0.25) is 20.2 Å². The van der Waals surface area contributed by atoms with Crippen LogP contribution in [0.25, 0.3) is 0 Å². The van der Waals surface area contributed by atoms with Gasteiger partial charge in [0.2, 0.25) is 0 Å². The number of carbonyl (C=O) groups is 1. The molecule has 0 unspecified atom stereocenters. The van der Waals surface area contributed by atoms with E-state index < -0.39 is 15.8 Å². The number of aliphatic carboxylic acids is 1. The highest BCUT2D eigenvalue weighted by Gasteiger charge is 2.25. The number of nitrogens with zero attached hydrogens (tertiary/aromatic N) is 2. The first kappa shape index (κ1) is 21.3. The molecule has 0 saturated heterocycles. The third-order valence-electron chi connectivity index (χ3n) is 4.06. The van der Waals surface area contributed by atoms with Gasteiger partial charge in [0.25, 0.3) is 11.4 Å². The summed E-state index contributed by atoms with van der Waals surface area (Å²) in [5.74, 6) is -1.21. The van der Waals surface area contributed by atoms with Gasteiger partial charge in [0.15, 0.2) is 0 Å². The Bertz CT molecular complexity index is 649. The quantitative estimate of drug-likeness (QED) is 0.250. The average molecular weight is 364 g/mol. The fraction of sp³-hybridized carbons (Fsp3) is 0.500. The second-order valence-electron chi connectivity index (χ2n) is 6.09. The molecule has 1 aromatic rings. The molecule has 26 heavy (non-hydrogen) atoms. The van der Waals surface area contributed by atoms with Crippen molar-refractivity contribution in [2.45, 2.75) is 58.3 Å². The van der Waals surface area contributed by atoms with Crippen molar-refractivity contribution in [1.29, 1.82) is 0 Å². The molecule has 8 heteroatoms. The van der Waals surface area contributed by atoms with Crippen LogP contribution in [0.4, 0.5) is 11.4 Å². The van der Waals surface area contributed by atoms with Crippen LogP contribution in [0.5, 0.6) is 0 Å². The number of allylic oxidation sites excluding steroid dienone is 1. The van der Waals surface area contributed by atoms with Crippen LogP contribution in [0, 0.1) is 20.2 Å². The molecule has 0 aliphatic heterocycles. The molecule has 0 aliphatic carbocycles. The highest BCUT2D eigenvalue weighted by molar-refractivity contribution is 5.79. The number of nitro benzene ring substituents is 2. The largest absolute Gasteiger partial charge is 0.478 e. The van der Waals surface area contributed by atoms with E-state index in [2.05, 4.69) is 6.92 Å². The van der Waals surface area contributed by atoms with Gasteiger partial charge >= 0.3 is 5.97 Å². The minimum Gasteiger partial charge on any atom is -0.478 e. The van der Waals surface area contributed by atoms with Crippen LogP contribution in [0.3, 0.4) is 0 Å². The molecule has 0 aliphatic rings. The Kier molecular flexibility index (Phi) is 8.97. The summed E-state index contributed by atoms with van der Waals surface area (Å²) in [4.78, 5) is 31.9. The fourth-order valence-electron chi connectivity index (χ4n) is 2.76. The Balaban J connectivity index is 2.99. The lowest BCUT2D eigenvalue weighted by molar-refractivity contribution is -0.395. The topological polar surface area (TPSA) is 124 Å². The van der Waals surface area contributed by atoms with Crippen LogP contribution >= 0.6 is 0 Å². The molecule has 1 N–H and O–H groups in total. The first-order valence-electron chi connectivity index (χ1n) is 8.70. The summed E-state index contributed by atoms with van der Waals surface area (Å²) in [6.07, 6.45) is 8.69. The van der Waals surface area contributed by atoms with Crippen molar-refractivity contribution in [3.8, 4) is 0 Å². The van der Waals surface area contributed by atoms with Gasteiger partial charge in [-0.1, -0.05) is 45.1 Å². The van der Waals surface area contributed by atoms with E-state index in [0.29, 0.717) is 12.0 Å². The number of carboxylic acid groups (broad SMARTS) is 1. The molecule has 0 spiro atoms. The summed E-state index contributed by atoms with van der Waals surface area (Å²) in [6, 6.07) is 2.73. The zero-order chi connectivity index (χ0) is 19.5. The SMILES string of the molecule is CCCCCCCCc1cc([N+](=O)[O-])c(C/C=C/C(=O)O)c([N+](=O)[O-])c1. The van der Waals surface area contributed by atoms with E-state index in [1.807, 2.05) is 0 Å². The molecule has 1 aromatic carbocycles. The van der Waals surface area contributed by atoms with E-state index in [9.17, 15) is 25.0 Å². The highest BCUT2D eigenvalue weighted by Crippen LogP contribution is 2.32. The number of hydrogen-bond acceptors (Lipinski definition) is 5.